The van der Waals surface area contributed by atoms with Gasteiger partial charge >= 0.3 is 0 Å². The molecule has 0 saturated carbocycles. The molecule has 0 unspecified atom stereocenters. The maximum Gasteiger partial charge on any atom is 0.143 e. The first-order valence-corrected chi connectivity index (χ1v) is 3.52. The van der Waals surface area contributed by atoms with Crippen LogP contribution in [0, 0.1) is 0 Å². The number of aldehydes is 1. The second-order valence-corrected chi connectivity index (χ2v) is 2.35. The molecule has 0 amide bonds. The van der Waals surface area contributed by atoms with E-state index in [1.54, 1.807) is 6.08 Å². The van der Waals surface area contributed by atoms with Crippen LogP contribution in [0.3, 0.4) is 0 Å². The molecule has 0 radical (unpaired) electrons. The maximum atomic E-state index is 10.1. The van der Waals surface area contributed by atoms with Crippen LogP contribution in [-0.4, -0.2) is 6.29 Å². The zero-order valence-electron chi connectivity index (χ0n) is 6.45. The Bertz CT molecular complexity index is 259. The smallest absolute Gasteiger partial charge is 0.143 e. The van der Waals surface area contributed by atoms with E-state index in [4.69, 9.17) is 0 Å². The van der Waals surface area contributed by atoms with Gasteiger partial charge in [0, 0.05) is 0 Å². The summed E-state index contributed by atoms with van der Waals surface area (Å²) in [6, 6.07) is 9.83. The first kappa shape index (κ1) is 7.73. The molecule has 1 rings (SSSR count). The third-order valence-electron chi connectivity index (χ3n) is 1.55. The van der Waals surface area contributed by atoms with E-state index in [1.165, 1.54) is 0 Å². The molecule has 11 heavy (non-hydrogen) atoms. The Morgan fingerprint density at radius 2 is 1.91 bits per heavy atom. The van der Waals surface area contributed by atoms with Gasteiger partial charge in [0.05, 0.1) is 0 Å². The van der Waals surface area contributed by atoms with Crippen molar-refractivity contribution < 1.29 is 4.79 Å². The molecule has 1 aromatic carbocycles. The largest absolute Gasteiger partial charge is 0.299 e. The molecule has 0 bridgehead atoms. The molecule has 0 fully saturated rings. The Hall–Kier alpha value is -1.37. The molecule has 1 heteroatoms. The molecule has 0 aliphatic heterocycles. The highest BCUT2D eigenvalue weighted by Crippen LogP contribution is 2.10. The summed E-state index contributed by atoms with van der Waals surface area (Å²) in [6.07, 6.45) is 2.37. The highest BCUT2D eigenvalue weighted by atomic mass is 16.1. The van der Waals surface area contributed by atoms with Crippen molar-refractivity contribution in [3.8, 4) is 0 Å². The second-order valence-electron chi connectivity index (χ2n) is 2.35. The Kier molecular flexibility index (Phi) is 2.61. The van der Waals surface area contributed by atoms with Crippen molar-refractivity contribution >= 4 is 11.9 Å². The van der Waals surface area contributed by atoms with Crippen LogP contribution in [-0.2, 0) is 4.79 Å². The lowest BCUT2D eigenvalue weighted by Gasteiger charge is -1.96. The SMILES string of the molecule is C/C(=C\C=O)c1ccccc1. The van der Waals surface area contributed by atoms with Gasteiger partial charge in [0.2, 0.25) is 0 Å². The number of hydrogen-bond donors (Lipinski definition) is 0. The molecule has 0 heterocycles. The number of carbonyl (C=O) groups excluding carboxylic acids is 1. The molecule has 1 nitrogen and oxygen atoms in total. The van der Waals surface area contributed by atoms with Gasteiger partial charge in [-0.3, -0.25) is 4.79 Å². The number of carbonyl (C=O) groups is 1. The zero-order chi connectivity index (χ0) is 8.10. The molecule has 0 aliphatic carbocycles. The van der Waals surface area contributed by atoms with Gasteiger partial charge in [-0.1, -0.05) is 30.3 Å². The first-order chi connectivity index (χ1) is 5.34. The second kappa shape index (κ2) is 3.71. The molecule has 0 N–H and O–H groups in total. The van der Waals surface area contributed by atoms with E-state index >= 15 is 0 Å². The Balaban J connectivity index is 2.94. The molecule has 0 atom stereocenters. The molecular weight excluding hydrogens is 136 g/mol. The van der Waals surface area contributed by atoms with Crippen LogP contribution >= 0.6 is 0 Å². The van der Waals surface area contributed by atoms with E-state index in [0.29, 0.717) is 0 Å². The van der Waals surface area contributed by atoms with Crippen LogP contribution in [0.25, 0.3) is 5.57 Å². The number of benzene rings is 1. The van der Waals surface area contributed by atoms with Crippen molar-refractivity contribution in [2.24, 2.45) is 0 Å². The Labute approximate surface area is 66.4 Å². The van der Waals surface area contributed by atoms with Crippen LogP contribution in [0.1, 0.15) is 12.5 Å². The van der Waals surface area contributed by atoms with Crippen molar-refractivity contribution in [3.63, 3.8) is 0 Å². The van der Waals surface area contributed by atoms with Crippen molar-refractivity contribution in [2.75, 3.05) is 0 Å². The van der Waals surface area contributed by atoms with Gasteiger partial charge in [-0.25, -0.2) is 0 Å². The minimum Gasteiger partial charge on any atom is -0.299 e. The van der Waals surface area contributed by atoms with Crippen LogP contribution in [0.4, 0.5) is 0 Å². The van der Waals surface area contributed by atoms with E-state index < -0.39 is 0 Å². The first-order valence-electron chi connectivity index (χ1n) is 3.52. The van der Waals surface area contributed by atoms with Crippen molar-refractivity contribution in [3.05, 3.63) is 42.0 Å². The van der Waals surface area contributed by atoms with E-state index in [0.717, 1.165) is 17.4 Å². The summed E-state index contributed by atoms with van der Waals surface area (Å²) in [5.41, 5.74) is 2.10. The van der Waals surface area contributed by atoms with Gasteiger partial charge < -0.3 is 0 Å². The maximum absolute atomic E-state index is 10.1. The summed E-state index contributed by atoms with van der Waals surface area (Å²) in [5, 5.41) is 0. The number of rotatable bonds is 2. The van der Waals surface area contributed by atoms with Crippen LogP contribution in [0.5, 0.6) is 0 Å². The summed E-state index contributed by atoms with van der Waals surface area (Å²) in [5.74, 6) is 0. The van der Waals surface area contributed by atoms with Crippen molar-refractivity contribution in [2.45, 2.75) is 6.92 Å². The van der Waals surface area contributed by atoms with Crippen molar-refractivity contribution in [1.82, 2.24) is 0 Å². The predicted octanol–water partition coefficient (Wildman–Crippen LogP) is 2.29. The monoisotopic (exact) mass is 146 g/mol. The summed E-state index contributed by atoms with van der Waals surface area (Å²) >= 11 is 0. The number of allylic oxidation sites excluding steroid dienone is 2. The molecule has 1 aromatic rings. The van der Waals surface area contributed by atoms with E-state index in [1.807, 2.05) is 37.3 Å². The lowest BCUT2D eigenvalue weighted by atomic mass is 10.1. The average Bonchev–Trinajstić information content (AvgIpc) is 2.07. The number of hydrogen-bond acceptors (Lipinski definition) is 1. The third-order valence-corrected chi connectivity index (χ3v) is 1.55. The minimum absolute atomic E-state index is 0.808. The highest BCUT2D eigenvalue weighted by Gasteiger charge is 1.90. The average molecular weight is 146 g/mol. The molecule has 0 aromatic heterocycles. The summed E-state index contributed by atoms with van der Waals surface area (Å²) in [4.78, 5) is 10.1. The quantitative estimate of drug-likeness (QED) is 0.462. The molecule has 0 saturated heterocycles. The van der Waals surface area contributed by atoms with Gasteiger partial charge in [-0.15, -0.1) is 0 Å². The highest BCUT2D eigenvalue weighted by molar-refractivity contribution is 5.80. The standard InChI is InChI=1S/C10H10O/c1-9(7-8-11)10-5-3-2-4-6-10/h2-8H,1H3/b9-7+. The lowest BCUT2D eigenvalue weighted by molar-refractivity contribution is -0.104. The van der Waals surface area contributed by atoms with Crippen LogP contribution in [0.2, 0.25) is 0 Å². The fourth-order valence-corrected chi connectivity index (χ4v) is 0.899. The third kappa shape index (κ3) is 2.04. The molecule has 0 aliphatic rings. The summed E-state index contributed by atoms with van der Waals surface area (Å²) in [7, 11) is 0. The normalized spacial score (nSPS) is 11.2. The van der Waals surface area contributed by atoms with Gasteiger partial charge in [0.1, 0.15) is 6.29 Å². The van der Waals surface area contributed by atoms with E-state index in [2.05, 4.69) is 0 Å². The molecular formula is C10H10O. The van der Waals surface area contributed by atoms with Gasteiger partial charge in [-0.2, -0.15) is 0 Å². The summed E-state index contributed by atoms with van der Waals surface area (Å²) in [6.45, 7) is 1.92. The van der Waals surface area contributed by atoms with Crippen LogP contribution in [0.15, 0.2) is 36.4 Å². The van der Waals surface area contributed by atoms with Gasteiger partial charge in [0.15, 0.2) is 0 Å². The van der Waals surface area contributed by atoms with E-state index in [9.17, 15) is 4.79 Å². The van der Waals surface area contributed by atoms with Crippen molar-refractivity contribution in [1.29, 1.82) is 0 Å². The van der Waals surface area contributed by atoms with Gasteiger partial charge in [0.25, 0.3) is 0 Å². The Morgan fingerprint density at radius 1 is 1.27 bits per heavy atom. The molecule has 0 spiro atoms. The minimum atomic E-state index is 0.808. The Morgan fingerprint density at radius 3 is 2.45 bits per heavy atom. The lowest BCUT2D eigenvalue weighted by Crippen LogP contribution is -1.77. The van der Waals surface area contributed by atoms with Crippen LogP contribution < -0.4 is 0 Å². The van der Waals surface area contributed by atoms with Gasteiger partial charge in [-0.05, 0) is 24.1 Å². The van der Waals surface area contributed by atoms with E-state index in [-0.39, 0.29) is 0 Å². The molecule has 56 valence electrons. The summed E-state index contributed by atoms with van der Waals surface area (Å²) < 4.78 is 0. The topological polar surface area (TPSA) is 17.1 Å². The fraction of sp³-hybridized carbons (Fsp3) is 0.100. The zero-order valence-corrected chi connectivity index (χ0v) is 6.45. The predicted molar refractivity (Wildman–Crippen MR) is 46.2 cm³/mol. The fourth-order valence-electron chi connectivity index (χ4n) is 0.899.